The molecule has 0 bridgehead atoms. The third-order valence-electron chi connectivity index (χ3n) is 5.70. The molecule has 6 rings (SSSR count). The van der Waals surface area contributed by atoms with Gasteiger partial charge in [0, 0.05) is 12.8 Å². The van der Waals surface area contributed by atoms with E-state index in [0.717, 1.165) is 18.7 Å². The normalized spacial score (nSPS) is 32.2. The highest BCUT2D eigenvalue weighted by Crippen LogP contribution is 2.41. The van der Waals surface area contributed by atoms with Crippen LogP contribution in [-0.2, 0) is 22.3 Å². The van der Waals surface area contributed by atoms with E-state index in [4.69, 9.17) is 14.5 Å². The maximum absolute atomic E-state index is 6.11. The molecule has 0 radical (unpaired) electrons. The van der Waals surface area contributed by atoms with Crippen LogP contribution >= 0.6 is 0 Å². The average molecular weight is 330 g/mol. The molecule has 2 aliphatic heterocycles. The first-order valence-electron chi connectivity index (χ1n) is 8.90. The lowest BCUT2D eigenvalue weighted by Crippen LogP contribution is -2.16. The average Bonchev–Trinajstić information content (AvgIpc) is 3.33. The zero-order chi connectivity index (χ0) is 16.4. The molecule has 2 aliphatic carbocycles. The van der Waals surface area contributed by atoms with Crippen molar-refractivity contribution in [1.29, 1.82) is 0 Å². The topological polar surface area (TPSA) is 42.8 Å². The molecule has 25 heavy (non-hydrogen) atoms. The number of fused-ring (bicyclic) bond motifs is 6. The monoisotopic (exact) mass is 330 g/mol. The van der Waals surface area contributed by atoms with Crippen LogP contribution in [0.2, 0.25) is 0 Å². The first-order chi connectivity index (χ1) is 12.3. The molecule has 0 saturated carbocycles. The summed E-state index contributed by atoms with van der Waals surface area (Å²) in [5, 5.41) is 3.50. The van der Waals surface area contributed by atoms with Crippen LogP contribution in [0.15, 0.2) is 65.5 Å². The Morgan fingerprint density at radius 3 is 2.48 bits per heavy atom. The summed E-state index contributed by atoms with van der Waals surface area (Å²) in [4.78, 5) is 4.79. The zero-order valence-corrected chi connectivity index (χ0v) is 13.7. The smallest absolute Gasteiger partial charge is 0.215 e. The molecule has 0 spiro atoms. The molecular formula is C21H18N2O2. The Hall–Kier alpha value is -2.75. The second kappa shape index (κ2) is 4.88. The number of nitrogens with zero attached hydrogens (tertiary/aromatic N) is 1. The lowest BCUT2D eigenvalue weighted by molar-refractivity contribution is 0.157. The van der Waals surface area contributed by atoms with Crippen LogP contribution in [0.3, 0.4) is 0 Å². The molecular weight excluding hydrogens is 312 g/mol. The molecule has 1 saturated heterocycles. The summed E-state index contributed by atoms with van der Waals surface area (Å²) < 4.78 is 12.2. The maximum Gasteiger partial charge on any atom is 0.215 e. The molecule has 0 unspecified atom stereocenters. The zero-order valence-electron chi connectivity index (χ0n) is 13.7. The highest BCUT2D eigenvalue weighted by atomic mass is 16.5. The van der Waals surface area contributed by atoms with Crippen LogP contribution in [-0.4, -0.2) is 18.1 Å². The Morgan fingerprint density at radius 1 is 0.880 bits per heavy atom. The van der Waals surface area contributed by atoms with Gasteiger partial charge < -0.3 is 14.8 Å². The van der Waals surface area contributed by atoms with Gasteiger partial charge in [-0.15, -0.1) is 0 Å². The molecule has 4 heteroatoms. The molecule has 0 aromatic heterocycles. The molecule has 1 N–H and O–H groups in total. The van der Waals surface area contributed by atoms with Crippen molar-refractivity contribution in [3.63, 3.8) is 0 Å². The van der Waals surface area contributed by atoms with Crippen molar-refractivity contribution in [3.8, 4) is 0 Å². The summed E-state index contributed by atoms with van der Waals surface area (Å²) >= 11 is 0. The summed E-state index contributed by atoms with van der Waals surface area (Å²) in [6, 6.07) is 17.4. The lowest BCUT2D eigenvalue weighted by Gasteiger charge is -2.08. The standard InChI is InChI=1S/C21H18N2O2/c1-3-7-14-12(5-1)9-16-20(14)22-18(24-16)11-19-23-21-15-8-4-2-6-13(15)10-17(21)25-19/h1-8,11,16-17,20-22H,9-10H2/b18-11+/t16-,17-,20+,21+/m1/s1. The van der Waals surface area contributed by atoms with E-state index in [1.165, 1.54) is 22.3 Å². The minimum atomic E-state index is 0.129. The van der Waals surface area contributed by atoms with E-state index in [-0.39, 0.29) is 24.3 Å². The Kier molecular flexibility index (Phi) is 2.64. The fourth-order valence-electron chi connectivity index (χ4n) is 4.57. The van der Waals surface area contributed by atoms with Crippen molar-refractivity contribution >= 4 is 5.90 Å². The van der Waals surface area contributed by atoms with Gasteiger partial charge in [0.25, 0.3) is 0 Å². The molecule has 1 fully saturated rings. The van der Waals surface area contributed by atoms with Gasteiger partial charge in [-0.3, -0.25) is 0 Å². The highest BCUT2D eigenvalue weighted by molar-refractivity contribution is 5.90. The van der Waals surface area contributed by atoms with Crippen LogP contribution in [0.4, 0.5) is 0 Å². The number of rotatable bonds is 1. The molecule has 0 amide bonds. The van der Waals surface area contributed by atoms with E-state index >= 15 is 0 Å². The molecule has 2 aromatic carbocycles. The van der Waals surface area contributed by atoms with Crippen LogP contribution in [0.1, 0.15) is 34.3 Å². The summed E-state index contributed by atoms with van der Waals surface area (Å²) in [5.41, 5.74) is 5.38. The molecule has 4 nitrogen and oxygen atoms in total. The Morgan fingerprint density at radius 2 is 1.60 bits per heavy atom. The van der Waals surface area contributed by atoms with Crippen molar-refractivity contribution in [3.05, 3.63) is 82.7 Å². The third-order valence-corrected chi connectivity index (χ3v) is 5.70. The van der Waals surface area contributed by atoms with Crippen molar-refractivity contribution in [1.82, 2.24) is 5.32 Å². The lowest BCUT2D eigenvalue weighted by atomic mass is 10.1. The number of aliphatic imine (C=N–C) groups is 1. The highest BCUT2D eigenvalue weighted by Gasteiger charge is 2.41. The largest absolute Gasteiger partial charge is 0.473 e. The third kappa shape index (κ3) is 1.97. The van der Waals surface area contributed by atoms with Gasteiger partial charge in [0.2, 0.25) is 5.90 Å². The van der Waals surface area contributed by atoms with Gasteiger partial charge in [0.15, 0.2) is 5.88 Å². The Labute approximate surface area is 146 Å². The summed E-state index contributed by atoms with van der Waals surface area (Å²) in [6.45, 7) is 0. The quantitative estimate of drug-likeness (QED) is 0.873. The van der Waals surface area contributed by atoms with Crippen molar-refractivity contribution in [2.24, 2.45) is 4.99 Å². The SMILES string of the molecule is C(/C1=N[C@H]2c3ccccc3C[C@H]2O1)=C1/N[C@H]2c3ccccc3C[C@H]2O1. The Balaban J connectivity index is 1.26. The number of hydrogen-bond donors (Lipinski definition) is 1. The fourth-order valence-corrected chi connectivity index (χ4v) is 4.57. The van der Waals surface area contributed by atoms with Gasteiger partial charge in [-0.1, -0.05) is 48.5 Å². The number of hydrogen-bond acceptors (Lipinski definition) is 4. The summed E-state index contributed by atoms with van der Waals surface area (Å²) in [6.07, 6.45) is 4.11. The van der Waals surface area contributed by atoms with Crippen molar-refractivity contribution < 1.29 is 9.47 Å². The van der Waals surface area contributed by atoms with Gasteiger partial charge in [-0.2, -0.15) is 0 Å². The van der Waals surface area contributed by atoms with Crippen LogP contribution in [0, 0.1) is 0 Å². The molecule has 2 aromatic rings. The predicted octanol–water partition coefficient (Wildman–Crippen LogP) is 3.21. The van der Waals surface area contributed by atoms with Gasteiger partial charge in [0.1, 0.15) is 18.2 Å². The van der Waals surface area contributed by atoms with Crippen molar-refractivity contribution in [2.45, 2.75) is 37.1 Å². The summed E-state index contributed by atoms with van der Waals surface area (Å²) in [7, 11) is 0. The first-order valence-corrected chi connectivity index (χ1v) is 8.90. The summed E-state index contributed by atoms with van der Waals surface area (Å²) in [5.74, 6) is 1.46. The minimum Gasteiger partial charge on any atom is -0.473 e. The van der Waals surface area contributed by atoms with E-state index < -0.39 is 0 Å². The second-order valence-corrected chi connectivity index (χ2v) is 7.16. The number of benzene rings is 2. The first kappa shape index (κ1) is 13.5. The maximum atomic E-state index is 6.11. The van der Waals surface area contributed by atoms with Crippen LogP contribution < -0.4 is 5.32 Å². The van der Waals surface area contributed by atoms with Crippen LogP contribution in [0.25, 0.3) is 0 Å². The predicted molar refractivity (Wildman–Crippen MR) is 94.2 cm³/mol. The van der Waals surface area contributed by atoms with E-state index in [9.17, 15) is 0 Å². The van der Waals surface area contributed by atoms with Crippen LogP contribution in [0.5, 0.6) is 0 Å². The van der Waals surface area contributed by atoms with E-state index in [1.807, 2.05) is 6.08 Å². The van der Waals surface area contributed by atoms with Gasteiger partial charge in [-0.05, 0) is 22.3 Å². The van der Waals surface area contributed by atoms with Gasteiger partial charge >= 0.3 is 0 Å². The van der Waals surface area contributed by atoms with E-state index in [2.05, 4.69) is 53.8 Å². The molecule has 4 atom stereocenters. The van der Waals surface area contributed by atoms with E-state index in [1.54, 1.807) is 0 Å². The van der Waals surface area contributed by atoms with Gasteiger partial charge in [-0.25, -0.2) is 4.99 Å². The second-order valence-electron chi connectivity index (χ2n) is 7.16. The Bertz CT molecular complexity index is 933. The molecule has 124 valence electrons. The van der Waals surface area contributed by atoms with Gasteiger partial charge in [0.05, 0.1) is 12.1 Å². The van der Waals surface area contributed by atoms with Crippen molar-refractivity contribution in [2.75, 3.05) is 0 Å². The fraction of sp³-hybridized carbons (Fsp3) is 0.286. The number of nitrogens with one attached hydrogen (secondary N) is 1. The minimum absolute atomic E-state index is 0.129. The number of ether oxygens (including phenoxy) is 2. The molecule has 2 heterocycles. The molecule has 4 aliphatic rings. The van der Waals surface area contributed by atoms with E-state index in [0.29, 0.717) is 5.90 Å².